The molecule has 2 saturated heterocycles. The fraction of sp³-hybridized carbons (Fsp3) is 0.474. The molecule has 0 aliphatic carbocycles. The van der Waals surface area contributed by atoms with Gasteiger partial charge in [0.1, 0.15) is 11.5 Å². The number of carboxylic acid groups (broad SMARTS) is 1. The standard InChI is InChI=1S/C19H21NO6/c1-24-12-4-3-11(9-14(12)25-2)6-8-20-10-19-7-5-13(26-19)15(18(22)23)16(19)17(20)21/h3-5,7,9,13,15-16H,6,8,10H2,1-2H3,(H,22,23)/t13-,15+,16+,19-/m0/s1. The molecule has 4 atom stereocenters. The summed E-state index contributed by atoms with van der Waals surface area (Å²) in [5.74, 6) is -1.23. The lowest BCUT2D eigenvalue weighted by molar-refractivity contribution is -0.148. The van der Waals surface area contributed by atoms with Gasteiger partial charge in [-0.1, -0.05) is 18.2 Å². The average molecular weight is 359 g/mol. The summed E-state index contributed by atoms with van der Waals surface area (Å²) < 4.78 is 16.4. The molecule has 7 nitrogen and oxygen atoms in total. The fourth-order valence-corrected chi connectivity index (χ4v) is 4.35. The average Bonchev–Trinajstić information content (AvgIpc) is 3.27. The van der Waals surface area contributed by atoms with Gasteiger partial charge in [-0.25, -0.2) is 0 Å². The highest BCUT2D eigenvalue weighted by molar-refractivity contribution is 5.90. The number of benzene rings is 1. The van der Waals surface area contributed by atoms with Gasteiger partial charge in [-0.15, -0.1) is 0 Å². The number of carbonyl (C=O) groups excluding carboxylic acids is 1. The maximum Gasteiger partial charge on any atom is 0.310 e. The highest BCUT2D eigenvalue weighted by Gasteiger charge is 2.66. The Labute approximate surface area is 151 Å². The van der Waals surface area contributed by atoms with Crippen molar-refractivity contribution in [3.8, 4) is 11.5 Å². The zero-order valence-corrected chi connectivity index (χ0v) is 14.7. The summed E-state index contributed by atoms with van der Waals surface area (Å²) >= 11 is 0. The van der Waals surface area contributed by atoms with Gasteiger partial charge in [0.05, 0.1) is 32.8 Å². The number of nitrogens with zero attached hydrogens (tertiary/aromatic N) is 1. The molecule has 1 aromatic carbocycles. The molecule has 3 heterocycles. The monoisotopic (exact) mass is 359 g/mol. The lowest BCUT2D eigenvalue weighted by Gasteiger charge is -2.21. The van der Waals surface area contributed by atoms with Crippen molar-refractivity contribution in [1.82, 2.24) is 4.90 Å². The molecule has 1 amide bonds. The van der Waals surface area contributed by atoms with E-state index in [1.165, 1.54) is 0 Å². The van der Waals surface area contributed by atoms with Crippen LogP contribution < -0.4 is 9.47 Å². The molecule has 26 heavy (non-hydrogen) atoms. The van der Waals surface area contributed by atoms with Gasteiger partial charge in [0, 0.05) is 6.54 Å². The second-order valence-electron chi connectivity index (χ2n) is 6.94. The van der Waals surface area contributed by atoms with Crippen LogP contribution in [0.4, 0.5) is 0 Å². The van der Waals surface area contributed by atoms with Gasteiger partial charge in [0.25, 0.3) is 0 Å². The first-order valence-corrected chi connectivity index (χ1v) is 8.59. The molecule has 138 valence electrons. The molecule has 3 aliphatic rings. The van der Waals surface area contributed by atoms with Gasteiger partial charge in [0.15, 0.2) is 11.5 Å². The molecule has 7 heteroatoms. The molecule has 0 radical (unpaired) electrons. The number of ether oxygens (including phenoxy) is 3. The molecule has 2 bridgehead atoms. The van der Waals surface area contributed by atoms with Crippen LogP contribution in [0.25, 0.3) is 0 Å². The van der Waals surface area contributed by atoms with E-state index >= 15 is 0 Å². The zero-order chi connectivity index (χ0) is 18.5. The molecule has 3 aliphatic heterocycles. The van der Waals surface area contributed by atoms with Crippen LogP contribution in [-0.4, -0.2) is 60.9 Å². The molecule has 2 fully saturated rings. The third kappa shape index (κ3) is 2.38. The van der Waals surface area contributed by atoms with Gasteiger partial charge in [0.2, 0.25) is 5.91 Å². The third-order valence-corrected chi connectivity index (χ3v) is 5.58. The molecular weight excluding hydrogens is 338 g/mol. The van der Waals surface area contributed by atoms with Gasteiger partial charge in [-0.3, -0.25) is 9.59 Å². The van der Waals surface area contributed by atoms with Crippen LogP contribution in [0, 0.1) is 11.8 Å². The Hall–Kier alpha value is -2.54. The number of rotatable bonds is 6. The van der Waals surface area contributed by atoms with Crippen LogP contribution >= 0.6 is 0 Å². The van der Waals surface area contributed by atoms with Crippen LogP contribution in [0.3, 0.4) is 0 Å². The van der Waals surface area contributed by atoms with Crippen LogP contribution in [0.2, 0.25) is 0 Å². The molecule has 0 saturated carbocycles. The Morgan fingerprint density at radius 1 is 1.35 bits per heavy atom. The number of hydrogen-bond acceptors (Lipinski definition) is 5. The van der Waals surface area contributed by atoms with Gasteiger partial charge >= 0.3 is 5.97 Å². The topological polar surface area (TPSA) is 85.3 Å². The maximum atomic E-state index is 12.8. The summed E-state index contributed by atoms with van der Waals surface area (Å²) in [6.45, 7) is 0.904. The predicted molar refractivity (Wildman–Crippen MR) is 91.2 cm³/mol. The highest BCUT2D eigenvalue weighted by Crippen LogP contribution is 2.51. The summed E-state index contributed by atoms with van der Waals surface area (Å²) in [6, 6.07) is 5.66. The highest BCUT2D eigenvalue weighted by atomic mass is 16.5. The predicted octanol–water partition coefficient (Wildman–Crippen LogP) is 1.11. The van der Waals surface area contributed by atoms with E-state index in [9.17, 15) is 14.7 Å². The summed E-state index contributed by atoms with van der Waals surface area (Å²) in [4.78, 5) is 26.1. The Morgan fingerprint density at radius 3 is 2.81 bits per heavy atom. The van der Waals surface area contributed by atoms with Crippen molar-refractivity contribution in [1.29, 1.82) is 0 Å². The van der Waals surface area contributed by atoms with Crippen molar-refractivity contribution < 1.29 is 28.9 Å². The van der Waals surface area contributed by atoms with E-state index in [-0.39, 0.29) is 5.91 Å². The quantitative estimate of drug-likeness (QED) is 0.766. The third-order valence-electron chi connectivity index (χ3n) is 5.58. The first-order valence-electron chi connectivity index (χ1n) is 8.59. The number of amides is 1. The molecular formula is C19H21NO6. The Kier molecular flexibility index (Phi) is 3.91. The summed E-state index contributed by atoms with van der Waals surface area (Å²) in [6.07, 6.45) is 3.80. The largest absolute Gasteiger partial charge is 0.493 e. The minimum Gasteiger partial charge on any atom is -0.493 e. The molecule has 1 N–H and O–H groups in total. The van der Waals surface area contributed by atoms with Crippen molar-refractivity contribution in [3.05, 3.63) is 35.9 Å². The van der Waals surface area contributed by atoms with E-state index in [0.29, 0.717) is 31.0 Å². The van der Waals surface area contributed by atoms with Crippen LogP contribution in [0.15, 0.2) is 30.4 Å². The summed E-state index contributed by atoms with van der Waals surface area (Å²) in [5.41, 5.74) is 0.239. The van der Waals surface area contributed by atoms with Crippen LogP contribution in [-0.2, 0) is 20.7 Å². The van der Waals surface area contributed by atoms with E-state index in [4.69, 9.17) is 14.2 Å². The lowest BCUT2D eigenvalue weighted by Crippen LogP contribution is -2.39. The summed E-state index contributed by atoms with van der Waals surface area (Å²) in [5, 5.41) is 9.49. The van der Waals surface area contributed by atoms with Crippen molar-refractivity contribution in [2.75, 3.05) is 27.3 Å². The second-order valence-corrected chi connectivity index (χ2v) is 6.94. The number of carboxylic acids is 1. The minimum atomic E-state index is -0.971. The van der Waals surface area contributed by atoms with Gasteiger partial charge in [-0.2, -0.15) is 0 Å². The number of likely N-dealkylation sites (tertiary alicyclic amines) is 1. The maximum absolute atomic E-state index is 12.8. The molecule has 4 rings (SSSR count). The molecule has 0 aromatic heterocycles. The van der Waals surface area contributed by atoms with E-state index < -0.39 is 29.5 Å². The van der Waals surface area contributed by atoms with Crippen molar-refractivity contribution in [3.63, 3.8) is 0 Å². The van der Waals surface area contributed by atoms with Crippen molar-refractivity contribution in [2.45, 2.75) is 18.1 Å². The van der Waals surface area contributed by atoms with Crippen LogP contribution in [0.1, 0.15) is 5.56 Å². The van der Waals surface area contributed by atoms with E-state index in [1.54, 1.807) is 25.2 Å². The van der Waals surface area contributed by atoms with Crippen LogP contribution in [0.5, 0.6) is 11.5 Å². The summed E-state index contributed by atoms with van der Waals surface area (Å²) in [7, 11) is 3.16. The van der Waals surface area contributed by atoms with E-state index in [1.807, 2.05) is 24.3 Å². The molecule has 1 spiro atoms. The van der Waals surface area contributed by atoms with Crippen molar-refractivity contribution >= 4 is 11.9 Å². The minimum absolute atomic E-state index is 0.135. The Morgan fingerprint density at radius 2 is 2.12 bits per heavy atom. The number of fused-ring (bicyclic) bond motifs is 1. The SMILES string of the molecule is COc1ccc(CCN2C[C@]34C=C[C@H](O3)[C@@H](C(=O)O)[C@@H]4C2=O)cc1OC. The van der Waals surface area contributed by atoms with Crippen molar-refractivity contribution in [2.24, 2.45) is 11.8 Å². The second kappa shape index (κ2) is 6.02. The normalized spacial score (nSPS) is 31.4. The number of methoxy groups -OCH3 is 2. The first kappa shape index (κ1) is 16.9. The number of carbonyl (C=O) groups is 2. The lowest BCUT2D eigenvalue weighted by atomic mass is 9.77. The van der Waals surface area contributed by atoms with Gasteiger partial charge in [-0.05, 0) is 24.1 Å². The molecule has 1 aromatic rings. The van der Waals surface area contributed by atoms with Gasteiger partial charge < -0.3 is 24.2 Å². The fourth-order valence-electron chi connectivity index (χ4n) is 4.35. The van der Waals surface area contributed by atoms with E-state index in [2.05, 4.69) is 0 Å². The Balaban J connectivity index is 1.48. The number of hydrogen-bond donors (Lipinski definition) is 1. The van der Waals surface area contributed by atoms with E-state index in [0.717, 1.165) is 5.56 Å². The number of aliphatic carboxylic acids is 1. The smallest absolute Gasteiger partial charge is 0.310 e. The zero-order valence-electron chi connectivity index (χ0n) is 14.7. The molecule has 0 unspecified atom stereocenters. The Bertz CT molecular complexity index is 790. The first-order chi connectivity index (χ1) is 12.5.